The molecule has 1 rings (SSSR count). The second kappa shape index (κ2) is 5.70. The molecule has 0 atom stereocenters. The standard InChI is InChI=1S/C11H17FN2/c1-9(2)3-4-13-6-10-5-11(12)8-14-7-10/h5,7-9,13H,3-4,6H2,1-2H3. The average molecular weight is 196 g/mol. The van der Waals surface area contributed by atoms with Crippen molar-refractivity contribution in [2.45, 2.75) is 26.8 Å². The number of nitrogens with one attached hydrogen (secondary N) is 1. The van der Waals surface area contributed by atoms with Gasteiger partial charge in [-0.15, -0.1) is 0 Å². The predicted octanol–water partition coefficient (Wildman–Crippen LogP) is 2.36. The van der Waals surface area contributed by atoms with Gasteiger partial charge in [0.05, 0.1) is 6.20 Å². The predicted molar refractivity (Wildman–Crippen MR) is 55.4 cm³/mol. The van der Waals surface area contributed by atoms with Crippen LogP contribution in [0.4, 0.5) is 4.39 Å². The van der Waals surface area contributed by atoms with Gasteiger partial charge in [0.15, 0.2) is 0 Å². The van der Waals surface area contributed by atoms with Crippen molar-refractivity contribution < 1.29 is 4.39 Å². The van der Waals surface area contributed by atoms with Crippen LogP contribution in [0.3, 0.4) is 0 Å². The molecule has 3 heteroatoms. The minimum Gasteiger partial charge on any atom is -0.313 e. The van der Waals surface area contributed by atoms with Gasteiger partial charge in [0.25, 0.3) is 0 Å². The number of pyridine rings is 1. The lowest BCUT2D eigenvalue weighted by molar-refractivity contribution is 0.535. The molecule has 78 valence electrons. The first-order chi connectivity index (χ1) is 6.68. The molecule has 0 unspecified atom stereocenters. The molecule has 1 aromatic heterocycles. The first-order valence-corrected chi connectivity index (χ1v) is 4.98. The summed E-state index contributed by atoms with van der Waals surface area (Å²) < 4.78 is 12.7. The van der Waals surface area contributed by atoms with Gasteiger partial charge < -0.3 is 5.32 Å². The Labute approximate surface area is 84.6 Å². The van der Waals surface area contributed by atoms with E-state index in [0.717, 1.165) is 18.5 Å². The highest BCUT2D eigenvalue weighted by atomic mass is 19.1. The average Bonchev–Trinajstić information content (AvgIpc) is 2.12. The molecule has 14 heavy (non-hydrogen) atoms. The number of rotatable bonds is 5. The summed E-state index contributed by atoms with van der Waals surface area (Å²) in [5.74, 6) is 0.432. The van der Waals surface area contributed by atoms with Gasteiger partial charge >= 0.3 is 0 Å². The maximum Gasteiger partial charge on any atom is 0.141 e. The van der Waals surface area contributed by atoms with E-state index >= 15 is 0 Å². The fourth-order valence-electron chi connectivity index (χ4n) is 1.18. The van der Waals surface area contributed by atoms with Crippen molar-refractivity contribution in [2.75, 3.05) is 6.54 Å². The number of hydrogen-bond acceptors (Lipinski definition) is 2. The van der Waals surface area contributed by atoms with Crippen LogP contribution in [-0.2, 0) is 6.54 Å². The molecule has 0 saturated carbocycles. The van der Waals surface area contributed by atoms with Crippen LogP contribution in [-0.4, -0.2) is 11.5 Å². The maximum atomic E-state index is 12.7. The second-order valence-corrected chi connectivity index (χ2v) is 3.87. The Balaban J connectivity index is 2.25. The lowest BCUT2D eigenvalue weighted by atomic mass is 10.1. The van der Waals surface area contributed by atoms with Crippen molar-refractivity contribution in [2.24, 2.45) is 5.92 Å². The molecule has 0 spiro atoms. The molecule has 2 nitrogen and oxygen atoms in total. The van der Waals surface area contributed by atoms with Gasteiger partial charge in [-0.3, -0.25) is 4.98 Å². The second-order valence-electron chi connectivity index (χ2n) is 3.87. The Morgan fingerprint density at radius 1 is 1.43 bits per heavy atom. The largest absolute Gasteiger partial charge is 0.313 e. The van der Waals surface area contributed by atoms with E-state index < -0.39 is 0 Å². The first-order valence-electron chi connectivity index (χ1n) is 4.98. The lowest BCUT2D eigenvalue weighted by Crippen LogP contribution is -2.16. The Hall–Kier alpha value is -0.960. The fourth-order valence-corrected chi connectivity index (χ4v) is 1.18. The molecule has 0 bridgehead atoms. The number of hydrogen-bond donors (Lipinski definition) is 1. The van der Waals surface area contributed by atoms with Gasteiger partial charge in [0, 0.05) is 12.7 Å². The summed E-state index contributed by atoms with van der Waals surface area (Å²) in [6.07, 6.45) is 4.05. The molecule has 0 saturated heterocycles. The monoisotopic (exact) mass is 196 g/mol. The van der Waals surface area contributed by atoms with Gasteiger partial charge in [-0.2, -0.15) is 0 Å². The van der Waals surface area contributed by atoms with E-state index in [2.05, 4.69) is 24.1 Å². The van der Waals surface area contributed by atoms with E-state index in [9.17, 15) is 4.39 Å². The third-order valence-corrected chi connectivity index (χ3v) is 1.99. The van der Waals surface area contributed by atoms with E-state index in [1.165, 1.54) is 12.3 Å². The first kappa shape index (κ1) is 11.1. The molecular formula is C11H17FN2. The minimum absolute atomic E-state index is 0.270. The van der Waals surface area contributed by atoms with Crippen LogP contribution in [0.1, 0.15) is 25.8 Å². The topological polar surface area (TPSA) is 24.9 Å². The van der Waals surface area contributed by atoms with E-state index in [0.29, 0.717) is 12.5 Å². The summed E-state index contributed by atoms with van der Waals surface area (Å²) in [5.41, 5.74) is 0.897. The molecule has 0 aliphatic rings. The third kappa shape index (κ3) is 4.33. The molecule has 0 aliphatic carbocycles. The molecule has 1 N–H and O–H groups in total. The van der Waals surface area contributed by atoms with Crippen LogP contribution in [0.25, 0.3) is 0 Å². The van der Waals surface area contributed by atoms with Crippen LogP contribution in [0.5, 0.6) is 0 Å². The summed E-state index contributed by atoms with van der Waals surface area (Å²) in [5, 5.41) is 3.25. The van der Waals surface area contributed by atoms with Crippen molar-refractivity contribution in [3.63, 3.8) is 0 Å². The number of aromatic nitrogens is 1. The summed E-state index contributed by atoms with van der Waals surface area (Å²) in [7, 11) is 0. The molecule has 0 radical (unpaired) electrons. The zero-order valence-electron chi connectivity index (χ0n) is 8.76. The van der Waals surface area contributed by atoms with Gasteiger partial charge in [0.1, 0.15) is 5.82 Å². The highest BCUT2D eigenvalue weighted by molar-refractivity contribution is 5.09. The van der Waals surface area contributed by atoms with Crippen LogP contribution in [0.15, 0.2) is 18.5 Å². The van der Waals surface area contributed by atoms with Crippen molar-refractivity contribution in [3.8, 4) is 0 Å². The van der Waals surface area contributed by atoms with E-state index in [1.54, 1.807) is 6.20 Å². The Bertz CT molecular complexity index is 274. The molecule has 0 aromatic carbocycles. The van der Waals surface area contributed by atoms with E-state index in [1.807, 2.05) is 0 Å². The van der Waals surface area contributed by atoms with Crippen molar-refractivity contribution in [1.29, 1.82) is 0 Å². The van der Waals surface area contributed by atoms with Crippen molar-refractivity contribution in [3.05, 3.63) is 29.8 Å². The summed E-state index contributed by atoms with van der Waals surface area (Å²) in [6, 6.07) is 1.51. The Kier molecular flexibility index (Phi) is 4.53. The van der Waals surface area contributed by atoms with Crippen LogP contribution in [0.2, 0.25) is 0 Å². The summed E-state index contributed by atoms with van der Waals surface area (Å²) in [4.78, 5) is 3.78. The molecular weight excluding hydrogens is 179 g/mol. The zero-order chi connectivity index (χ0) is 10.4. The fraction of sp³-hybridized carbons (Fsp3) is 0.545. The quantitative estimate of drug-likeness (QED) is 0.731. The van der Waals surface area contributed by atoms with Gasteiger partial charge in [-0.05, 0) is 30.5 Å². The van der Waals surface area contributed by atoms with Gasteiger partial charge in [-0.1, -0.05) is 13.8 Å². The molecule has 1 heterocycles. The summed E-state index contributed by atoms with van der Waals surface area (Å²) >= 11 is 0. The van der Waals surface area contributed by atoms with Crippen LogP contribution in [0, 0.1) is 11.7 Å². The highest BCUT2D eigenvalue weighted by Crippen LogP contribution is 2.01. The minimum atomic E-state index is -0.270. The smallest absolute Gasteiger partial charge is 0.141 e. The number of nitrogens with zero attached hydrogens (tertiary/aromatic N) is 1. The molecule has 1 aromatic rings. The molecule has 0 amide bonds. The van der Waals surface area contributed by atoms with Crippen LogP contribution >= 0.6 is 0 Å². The lowest BCUT2D eigenvalue weighted by Gasteiger charge is -2.06. The normalized spacial score (nSPS) is 10.9. The van der Waals surface area contributed by atoms with Gasteiger partial charge in [-0.25, -0.2) is 4.39 Å². The van der Waals surface area contributed by atoms with E-state index in [4.69, 9.17) is 0 Å². The highest BCUT2D eigenvalue weighted by Gasteiger charge is 1.96. The van der Waals surface area contributed by atoms with Crippen molar-refractivity contribution in [1.82, 2.24) is 10.3 Å². The molecule has 0 fully saturated rings. The molecule has 0 aliphatic heterocycles. The maximum absolute atomic E-state index is 12.7. The van der Waals surface area contributed by atoms with Gasteiger partial charge in [0.2, 0.25) is 0 Å². The summed E-state index contributed by atoms with van der Waals surface area (Å²) in [6.45, 7) is 6.03. The SMILES string of the molecule is CC(C)CCNCc1cncc(F)c1. The Morgan fingerprint density at radius 3 is 2.86 bits per heavy atom. The van der Waals surface area contributed by atoms with Crippen molar-refractivity contribution >= 4 is 0 Å². The van der Waals surface area contributed by atoms with E-state index in [-0.39, 0.29) is 5.82 Å². The number of halogens is 1. The Morgan fingerprint density at radius 2 is 2.21 bits per heavy atom. The zero-order valence-corrected chi connectivity index (χ0v) is 8.76. The van der Waals surface area contributed by atoms with Crippen LogP contribution < -0.4 is 5.32 Å². The third-order valence-electron chi connectivity index (χ3n) is 1.99.